The predicted octanol–water partition coefficient (Wildman–Crippen LogP) is 6.88. The minimum absolute atomic E-state index is 0.142. The monoisotopic (exact) mass is 423 g/mol. The van der Waals surface area contributed by atoms with Crippen LogP contribution in [0.25, 0.3) is 21.9 Å². The lowest BCUT2D eigenvalue weighted by molar-refractivity contribution is 0.195. The van der Waals surface area contributed by atoms with Crippen LogP contribution < -0.4 is 0 Å². The summed E-state index contributed by atoms with van der Waals surface area (Å²) in [7, 11) is 1.73. The summed E-state index contributed by atoms with van der Waals surface area (Å²) in [5.74, 6) is -0.142. The molecule has 0 saturated heterocycles. The summed E-state index contributed by atoms with van der Waals surface area (Å²) in [5.41, 5.74) is 5.98. The van der Waals surface area contributed by atoms with Crippen LogP contribution in [0.1, 0.15) is 28.7 Å². The molecule has 0 aliphatic carbocycles. The standard InChI is InChI=1S/C29H26FNO/c1-32-18-2-3-21-8-11-24(12-9-21)26-16-17-28-27(19-26)15-14-25(29(28)30)13-10-22-4-6-23(20-31)7-5-22/h4-9,11-12,14-17,19H,2-3,10,13,18H2,1H3. The third kappa shape index (κ3) is 5.04. The smallest absolute Gasteiger partial charge is 0.134 e. The fraction of sp³-hybridized carbons (Fsp3) is 0.207. The maximum atomic E-state index is 15.2. The number of ether oxygens (including phenoxy) is 1. The van der Waals surface area contributed by atoms with Crippen LogP contribution in [0.3, 0.4) is 0 Å². The number of nitrogens with zero attached hydrogens (tertiary/aromatic N) is 1. The summed E-state index contributed by atoms with van der Waals surface area (Å²) in [6.45, 7) is 0.771. The van der Waals surface area contributed by atoms with Gasteiger partial charge in [0.1, 0.15) is 5.82 Å². The van der Waals surface area contributed by atoms with Crippen molar-refractivity contribution in [3.8, 4) is 17.2 Å². The Bertz CT molecular complexity index is 1240. The molecule has 0 fully saturated rings. The number of aryl methyl sites for hydroxylation is 3. The van der Waals surface area contributed by atoms with E-state index in [0.29, 0.717) is 17.4 Å². The van der Waals surface area contributed by atoms with Crippen LogP contribution in [0.15, 0.2) is 78.9 Å². The van der Waals surface area contributed by atoms with Crippen molar-refractivity contribution in [2.45, 2.75) is 25.7 Å². The number of hydrogen-bond donors (Lipinski definition) is 0. The van der Waals surface area contributed by atoms with Gasteiger partial charge in [0.25, 0.3) is 0 Å². The van der Waals surface area contributed by atoms with Crippen LogP contribution >= 0.6 is 0 Å². The number of fused-ring (bicyclic) bond motifs is 1. The SMILES string of the molecule is COCCCc1ccc(-c2ccc3c(F)c(CCc4ccc(C#N)cc4)ccc3c2)cc1. The summed E-state index contributed by atoms with van der Waals surface area (Å²) in [6, 6.07) is 28.0. The first-order valence-corrected chi connectivity index (χ1v) is 11.0. The minimum Gasteiger partial charge on any atom is -0.385 e. The van der Waals surface area contributed by atoms with Crippen molar-refractivity contribution in [3.63, 3.8) is 0 Å². The van der Waals surface area contributed by atoms with Gasteiger partial charge in [-0.05, 0) is 77.1 Å². The molecule has 0 saturated carbocycles. The van der Waals surface area contributed by atoms with Gasteiger partial charge in [-0.15, -0.1) is 0 Å². The predicted molar refractivity (Wildman–Crippen MR) is 128 cm³/mol. The first-order valence-electron chi connectivity index (χ1n) is 11.0. The van der Waals surface area contributed by atoms with Crippen molar-refractivity contribution in [1.29, 1.82) is 5.26 Å². The second-order valence-corrected chi connectivity index (χ2v) is 8.08. The average Bonchev–Trinajstić information content (AvgIpc) is 2.84. The first-order chi connectivity index (χ1) is 15.7. The van der Waals surface area contributed by atoms with E-state index in [1.54, 1.807) is 19.2 Å². The van der Waals surface area contributed by atoms with Crippen LogP contribution in [0.2, 0.25) is 0 Å². The Hall–Kier alpha value is -3.48. The molecule has 0 N–H and O–H groups in total. The van der Waals surface area contributed by atoms with Crippen LogP contribution in [0, 0.1) is 17.1 Å². The van der Waals surface area contributed by atoms with Gasteiger partial charge in [-0.25, -0.2) is 4.39 Å². The van der Waals surface area contributed by atoms with Gasteiger partial charge in [0, 0.05) is 19.1 Å². The molecule has 0 bridgehead atoms. The average molecular weight is 424 g/mol. The third-order valence-electron chi connectivity index (χ3n) is 5.90. The van der Waals surface area contributed by atoms with Gasteiger partial charge >= 0.3 is 0 Å². The number of hydrogen-bond acceptors (Lipinski definition) is 2. The first kappa shape index (κ1) is 21.7. The van der Waals surface area contributed by atoms with E-state index < -0.39 is 0 Å². The van der Waals surface area contributed by atoms with E-state index >= 15 is 4.39 Å². The van der Waals surface area contributed by atoms with Gasteiger partial charge in [0.15, 0.2) is 0 Å². The molecule has 0 spiro atoms. The molecule has 0 aliphatic rings. The van der Waals surface area contributed by atoms with Gasteiger partial charge < -0.3 is 4.74 Å². The van der Waals surface area contributed by atoms with Crippen molar-refractivity contribution in [1.82, 2.24) is 0 Å². The molecule has 0 aliphatic heterocycles. The topological polar surface area (TPSA) is 33.0 Å². The Balaban J connectivity index is 1.49. The van der Waals surface area contributed by atoms with E-state index in [9.17, 15) is 0 Å². The Morgan fingerprint density at radius 2 is 1.47 bits per heavy atom. The van der Waals surface area contributed by atoms with Crippen LogP contribution in [-0.2, 0) is 24.0 Å². The summed E-state index contributed by atoms with van der Waals surface area (Å²) in [6.07, 6.45) is 3.38. The maximum Gasteiger partial charge on any atom is 0.134 e. The van der Waals surface area contributed by atoms with E-state index in [0.717, 1.165) is 53.5 Å². The molecule has 0 unspecified atom stereocenters. The third-order valence-corrected chi connectivity index (χ3v) is 5.90. The molecule has 4 aromatic rings. The van der Waals surface area contributed by atoms with Crippen molar-refractivity contribution >= 4 is 10.8 Å². The zero-order valence-electron chi connectivity index (χ0n) is 18.3. The van der Waals surface area contributed by atoms with Crippen molar-refractivity contribution in [2.75, 3.05) is 13.7 Å². The molecule has 32 heavy (non-hydrogen) atoms. The Labute approximate surface area is 188 Å². The quantitative estimate of drug-likeness (QED) is 0.289. The van der Waals surface area contributed by atoms with Gasteiger partial charge in [0.05, 0.1) is 11.6 Å². The van der Waals surface area contributed by atoms with Gasteiger partial charge in [-0.2, -0.15) is 5.26 Å². The molecule has 4 rings (SSSR count). The van der Waals surface area contributed by atoms with Gasteiger partial charge in [-0.3, -0.25) is 0 Å². The lowest BCUT2D eigenvalue weighted by Gasteiger charge is -2.10. The second kappa shape index (κ2) is 10.2. The van der Waals surface area contributed by atoms with E-state index in [-0.39, 0.29) is 5.82 Å². The molecule has 4 aromatic carbocycles. The van der Waals surface area contributed by atoms with Crippen LogP contribution in [0.4, 0.5) is 4.39 Å². The molecular weight excluding hydrogens is 397 g/mol. The lowest BCUT2D eigenvalue weighted by Crippen LogP contribution is -1.96. The molecule has 0 aromatic heterocycles. The summed E-state index contributed by atoms with van der Waals surface area (Å²) in [4.78, 5) is 0. The summed E-state index contributed by atoms with van der Waals surface area (Å²) >= 11 is 0. The molecule has 3 heteroatoms. The van der Waals surface area contributed by atoms with E-state index in [2.05, 4.69) is 36.4 Å². The maximum absolute atomic E-state index is 15.2. The number of rotatable bonds is 8. The Morgan fingerprint density at radius 3 is 2.19 bits per heavy atom. The molecule has 160 valence electrons. The highest BCUT2D eigenvalue weighted by Gasteiger charge is 2.09. The number of halogens is 1. The van der Waals surface area contributed by atoms with E-state index in [4.69, 9.17) is 10.00 Å². The zero-order valence-corrected chi connectivity index (χ0v) is 18.3. The molecule has 0 radical (unpaired) electrons. The van der Waals surface area contributed by atoms with E-state index in [1.165, 1.54) is 5.56 Å². The highest BCUT2D eigenvalue weighted by molar-refractivity contribution is 5.88. The van der Waals surface area contributed by atoms with Crippen molar-refractivity contribution < 1.29 is 9.13 Å². The molecule has 0 heterocycles. The zero-order chi connectivity index (χ0) is 22.3. The van der Waals surface area contributed by atoms with Crippen LogP contribution in [-0.4, -0.2) is 13.7 Å². The highest BCUT2D eigenvalue weighted by atomic mass is 19.1. The minimum atomic E-state index is -0.142. The second-order valence-electron chi connectivity index (χ2n) is 8.08. The van der Waals surface area contributed by atoms with Crippen molar-refractivity contribution in [3.05, 3.63) is 107 Å². The van der Waals surface area contributed by atoms with Gasteiger partial charge in [0.2, 0.25) is 0 Å². The number of benzene rings is 4. The highest BCUT2D eigenvalue weighted by Crippen LogP contribution is 2.28. The molecule has 2 nitrogen and oxygen atoms in total. The van der Waals surface area contributed by atoms with Gasteiger partial charge in [-0.1, -0.05) is 60.7 Å². The summed E-state index contributed by atoms with van der Waals surface area (Å²) < 4.78 is 20.3. The summed E-state index contributed by atoms with van der Waals surface area (Å²) in [5, 5.41) is 10.5. The normalized spacial score (nSPS) is 10.9. The molecule has 0 atom stereocenters. The number of nitriles is 1. The Kier molecular flexibility index (Phi) is 6.94. The fourth-order valence-electron chi connectivity index (χ4n) is 4.02. The fourth-order valence-corrected chi connectivity index (χ4v) is 4.02. The largest absolute Gasteiger partial charge is 0.385 e. The van der Waals surface area contributed by atoms with Crippen molar-refractivity contribution in [2.24, 2.45) is 0 Å². The van der Waals surface area contributed by atoms with E-state index in [1.807, 2.05) is 36.4 Å². The molecule has 0 amide bonds. The number of methoxy groups -OCH3 is 1. The van der Waals surface area contributed by atoms with Crippen LogP contribution in [0.5, 0.6) is 0 Å². The lowest BCUT2D eigenvalue weighted by atomic mass is 9.96. The molecular formula is C29H26FNO. The Morgan fingerprint density at radius 1 is 0.781 bits per heavy atom.